The first-order valence-electron chi connectivity index (χ1n) is 6.15. The number of hydrogen-bond acceptors (Lipinski definition) is 5. The SMILES string of the molecule is CC(C)(C)c1noc(Cn2nnc3ccccc32)n1. The monoisotopic (exact) mass is 257 g/mol. The zero-order valence-corrected chi connectivity index (χ0v) is 11.2. The minimum absolute atomic E-state index is 0.119. The van der Waals surface area contributed by atoms with E-state index in [0.717, 1.165) is 11.0 Å². The van der Waals surface area contributed by atoms with Gasteiger partial charge in [0.2, 0.25) is 5.89 Å². The minimum atomic E-state index is -0.119. The normalized spacial score (nSPS) is 12.2. The highest BCUT2D eigenvalue weighted by Crippen LogP contribution is 2.19. The summed E-state index contributed by atoms with van der Waals surface area (Å²) in [6.07, 6.45) is 0. The van der Waals surface area contributed by atoms with Gasteiger partial charge < -0.3 is 4.52 Å². The predicted molar refractivity (Wildman–Crippen MR) is 69.6 cm³/mol. The molecule has 6 heteroatoms. The summed E-state index contributed by atoms with van der Waals surface area (Å²) in [5, 5.41) is 12.2. The number of fused-ring (bicyclic) bond motifs is 1. The Morgan fingerprint density at radius 1 is 1.21 bits per heavy atom. The molecule has 3 aromatic rings. The van der Waals surface area contributed by atoms with Gasteiger partial charge in [-0.1, -0.05) is 43.3 Å². The molecular formula is C13H15N5O. The number of para-hydroxylation sites is 1. The molecule has 0 amide bonds. The van der Waals surface area contributed by atoms with Gasteiger partial charge in [0.15, 0.2) is 5.82 Å². The van der Waals surface area contributed by atoms with Crippen LogP contribution in [0.2, 0.25) is 0 Å². The summed E-state index contributed by atoms with van der Waals surface area (Å²) in [7, 11) is 0. The summed E-state index contributed by atoms with van der Waals surface area (Å²) in [4.78, 5) is 4.40. The first-order valence-corrected chi connectivity index (χ1v) is 6.15. The van der Waals surface area contributed by atoms with Crippen LogP contribution in [0.15, 0.2) is 28.8 Å². The van der Waals surface area contributed by atoms with E-state index in [4.69, 9.17) is 4.52 Å². The molecule has 0 fully saturated rings. The summed E-state index contributed by atoms with van der Waals surface area (Å²) in [6.45, 7) is 6.58. The fourth-order valence-electron chi connectivity index (χ4n) is 1.79. The van der Waals surface area contributed by atoms with Crippen LogP contribution in [0, 0.1) is 0 Å². The Morgan fingerprint density at radius 2 is 2.00 bits per heavy atom. The van der Waals surface area contributed by atoms with E-state index in [9.17, 15) is 0 Å². The molecule has 1 aromatic carbocycles. The Hall–Kier alpha value is -2.24. The molecular weight excluding hydrogens is 242 g/mol. The summed E-state index contributed by atoms with van der Waals surface area (Å²) < 4.78 is 7.02. The zero-order chi connectivity index (χ0) is 13.5. The average Bonchev–Trinajstić information content (AvgIpc) is 2.97. The molecule has 0 saturated heterocycles. The largest absolute Gasteiger partial charge is 0.337 e. The van der Waals surface area contributed by atoms with E-state index in [1.54, 1.807) is 4.68 Å². The lowest BCUT2D eigenvalue weighted by atomic mass is 9.96. The molecule has 0 unspecified atom stereocenters. The Labute approximate surface area is 110 Å². The van der Waals surface area contributed by atoms with Crippen molar-refractivity contribution in [2.45, 2.75) is 32.7 Å². The number of rotatable bonds is 2. The molecule has 0 aliphatic rings. The van der Waals surface area contributed by atoms with Crippen molar-refractivity contribution in [2.75, 3.05) is 0 Å². The van der Waals surface area contributed by atoms with E-state index in [2.05, 4.69) is 20.5 Å². The fourth-order valence-corrected chi connectivity index (χ4v) is 1.79. The Bertz CT molecular complexity index is 707. The number of benzene rings is 1. The Kier molecular flexibility index (Phi) is 2.58. The van der Waals surface area contributed by atoms with Gasteiger partial charge in [-0.05, 0) is 12.1 Å². The average molecular weight is 257 g/mol. The molecule has 19 heavy (non-hydrogen) atoms. The van der Waals surface area contributed by atoms with E-state index in [0.29, 0.717) is 18.3 Å². The van der Waals surface area contributed by atoms with Gasteiger partial charge >= 0.3 is 0 Å². The quantitative estimate of drug-likeness (QED) is 0.703. The number of nitrogens with zero attached hydrogens (tertiary/aromatic N) is 5. The number of hydrogen-bond donors (Lipinski definition) is 0. The second-order valence-electron chi connectivity index (χ2n) is 5.50. The summed E-state index contributed by atoms with van der Waals surface area (Å²) >= 11 is 0. The zero-order valence-electron chi connectivity index (χ0n) is 11.2. The van der Waals surface area contributed by atoms with Crippen LogP contribution in [-0.2, 0) is 12.0 Å². The smallest absolute Gasteiger partial charge is 0.248 e. The molecule has 2 aromatic heterocycles. The molecule has 0 spiro atoms. The standard InChI is InChI=1S/C13H15N5O/c1-13(2,3)12-14-11(19-16-12)8-18-10-7-5-4-6-9(10)15-17-18/h4-7H,8H2,1-3H3. The van der Waals surface area contributed by atoms with E-state index in [-0.39, 0.29) is 5.41 Å². The maximum atomic E-state index is 5.26. The molecule has 3 rings (SSSR count). The van der Waals surface area contributed by atoms with Crippen molar-refractivity contribution >= 4 is 11.0 Å². The third-order valence-corrected chi connectivity index (χ3v) is 2.84. The molecule has 6 nitrogen and oxygen atoms in total. The van der Waals surface area contributed by atoms with Crippen molar-refractivity contribution in [2.24, 2.45) is 0 Å². The van der Waals surface area contributed by atoms with Crippen LogP contribution in [0.5, 0.6) is 0 Å². The van der Waals surface area contributed by atoms with E-state index in [1.807, 2.05) is 45.0 Å². The molecule has 0 N–H and O–H groups in total. The van der Waals surface area contributed by atoms with Gasteiger partial charge in [-0.2, -0.15) is 4.98 Å². The lowest BCUT2D eigenvalue weighted by Crippen LogP contribution is -2.13. The van der Waals surface area contributed by atoms with Crippen molar-refractivity contribution in [3.05, 3.63) is 36.0 Å². The van der Waals surface area contributed by atoms with Gasteiger partial charge in [-0.25, -0.2) is 4.68 Å². The van der Waals surface area contributed by atoms with Gasteiger partial charge in [0, 0.05) is 5.41 Å². The predicted octanol–water partition coefficient (Wildman–Crippen LogP) is 2.16. The molecule has 0 aliphatic heterocycles. The van der Waals surface area contributed by atoms with E-state index >= 15 is 0 Å². The van der Waals surface area contributed by atoms with Crippen LogP contribution in [0.4, 0.5) is 0 Å². The van der Waals surface area contributed by atoms with Crippen LogP contribution < -0.4 is 0 Å². The van der Waals surface area contributed by atoms with Gasteiger partial charge in [-0.3, -0.25) is 0 Å². The Morgan fingerprint density at radius 3 is 2.74 bits per heavy atom. The molecule has 98 valence electrons. The van der Waals surface area contributed by atoms with E-state index in [1.165, 1.54) is 0 Å². The van der Waals surface area contributed by atoms with Crippen molar-refractivity contribution in [3.8, 4) is 0 Å². The van der Waals surface area contributed by atoms with Crippen LogP contribution in [-0.4, -0.2) is 25.1 Å². The Balaban J connectivity index is 1.91. The summed E-state index contributed by atoms with van der Waals surface area (Å²) in [5.41, 5.74) is 1.70. The van der Waals surface area contributed by atoms with Crippen molar-refractivity contribution < 1.29 is 4.52 Å². The molecule has 0 saturated carbocycles. The van der Waals surface area contributed by atoms with Crippen LogP contribution >= 0.6 is 0 Å². The summed E-state index contributed by atoms with van der Waals surface area (Å²) in [6, 6.07) is 7.78. The molecule has 0 bridgehead atoms. The third-order valence-electron chi connectivity index (χ3n) is 2.84. The fraction of sp³-hybridized carbons (Fsp3) is 0.385. The number of aromatic nitrogens is 5. The maximum Gasteiger partial charge on any atom is 0.248 e. The second-order valence-corrected chi connectivity index (χ2v) is 5.50. The van der Waals surface area contributed by atoms with Crippen LogP contribution in [0.3, 0.4) is 0 Å². The molecule has 0 radical (unpaired) electrons. The lowest BCUT2D eigenvalue weighted by molar-refractivity contribution is 0.353. The lowest BCUT2D eigenvalue weighted by Gasteiger charge is -2.10. The summed E-state index contributed by atoms with van der Waals surface area (Å²) in [5.74, 6) is 1.24. The molecule has 0 atom stereocenters. The maximum absolute atomic E-state index is 5.26. The molecule has 2 heterocycles. The van der Waals surface area contributed by atoms with Gasteiger partial charge in [0.25, 0.3) is 0 Å². The third kappa shape index (κ3) is 2.21. The van der Waals surface area contributed by atoms with Gasteiger partial charge in [0.05, 0.1) is 5.52 Å². The highest BCUT2D eigenvalue weighted by molar-refractivity contribution is 5.73. The van der Waals surface area contributed by atoms with Crippen LogP contribution in [0.25, 0.3) is 11.0 Å². The van der Waals surface area contributed by atoms with Gasteiger partial charge in [-0.15, -0.1) is 5.10 Å². The first kappa shape index (κ1) is 11.8. The van der Waals surface area contributed by atoms with E-state index < -0.39 is 0 Å². The van der Waals surface area contributed by atoms with Gasteiger partial charge in [0.1, 0.15) is 12.1 Å². The van der Waals surface area contributed by atoms with Crippen molar-refractivity contribution in [3.63, 3.8) is 0 Å². The van der Waals surface area contributed by atoms with Crippen LogP contribution in [0.1, 0.15) is 32.5 Å². The topological polar surface area (TPSA) is 69.6 Å². The minimum Gasteiger partial charge on any atom is -0.337 e. The molecule has 0 aliphatic carbocycles. The van der Waals surface area contributed by atoms with Crippen molar-refractivity contribution in [1.82, 2.24) is 25.1 Å². The highest BCUT2D eigenvalue weighted by atomic mass is 16.5. The second kappa shape index (κ2) is 4.15. The first-order chi connectivity index (χ1) is 9.04. The van der Waals surface area contributed by atoms with Crippen molar-refractivity contribution in [1.29, 1.82) is 0 Å². The highest BCUT2D eigenvalue weighted by Gasteiger charge is 2.21.